The van der Waals surface area contributed by atoms with E-state index in [0.29, 0.717) is 35.5 Å². The molecule has 0 unspecified atom stereocenters. The Balaban J connectivity index is 1.49. The number of ether oxygens (including phenoxy) is 1. The zero-order chi connectivity index (χ0) is 26.2. The summed E-state index contributed by atoms with van der Waals surface area (Å²) in [6, 6.07) is 15.4. The molecule has 2 fully saturated rings. The lowest BCUT2D eigenvalue weighted by Crippen LogP contribution is -2.51. The highest BCUT2D eigenvalue weighted by atomic mass is 35.5. The molecule has 6 rings (SSSR count). The van der Waals surface area contributed by atoms with Crippen LogP contribution in [0.2, 0.25) is 5.02 Å². The van der Waals surface area contributed by atoms with Gasteiger partial charge >= 0.3 is 0 Å². The van der Waals surface area contributed by atoms with Crippen molar-refractivity contribution in [3.63, 3.8) is 0 Å². The standard InChI is InChI=1S/C30H32ClFN4O2/c1-2-33-10-5-11-38-27-15-26(36-16-19-8-9-20(17-36)34-19)24-14-25(31)28(29(32)30(24)35-27)23-13-21(37)12-18-6-3-4-7-22(18)23/h3-4,6-7,12-15,19-20,33-34,37H,2,5,8-11,16-17H2,1H3/t19-,20+. The lowest BCUT2D eigenvalue weighted by molar-refractivity contribution is 0.298. The second kappa shape index (κ2) is 10.6. The van der Waals surface area contributed by atoms with Crippen molar-refractivity contribution < 1.29 is 14.2 Å². The van der Waals surface area contributed by atoms with E-state index in [4.69, 9.17) is 16.3 Å². The van der Waals surface area contributed by atoms with Gasteiger partial charge in [-0.1, -0.05) is 42.8 Å². The van der Waals surface area contributed by atoms with Gasteiger partial charge in [-0.15, -0.1) is 0 Å². The molecule has 0 saturated carbocycles. The van der Waals surface area contributed by atoms with Crippen LogP contribution in [0.5, 0.6) is 11.6 Å². The van der Waals surface area contributed by atoms with Gasteiger partial charge < -0.3 is 25.4 Å². The number of benzene rings is 3. The number of piperazine rings is 1. The molecule has 8 heteroatoms. The molecule has 2 atom stereocenters. The molecule has 1 aromatic heterocycles. The maximum atomic E-state index is 16.5. The number of phenols is 1. The Hall–Kier alpha value is -3.13. The minimum absolute atomic E-state index is 0.0528. The van der Waals surface area contributed by atoms with E-state index in [-0.39, 0.29) is 21.9 Å². The van der Waals surface area contributed by atoms with Crippen molar-refractivity contribution in [1.29, 1.82) is 0 Å². The van der Waals surface area contributed by atoms with Crippen molar-refractivity contribution in [3.8, 4) is 22.8 Å². The highest BCUT2D eigenvalue weighted by Gasteiger charge is 2.33. The largest absolute Gasteiger partial charge is 0.508 e. The molecule has 3 aromatic carbocycles. The Morgan fingerprint density at radius 1 is 1.13 bits per heavy atom. The van der Waals surface area contributed by atoms with Crippen LogP contribution in [-0.2, 0) is 0 Å². The first-order valence-electron chi connectivity index (χ1n) is 13.4. The third-order valence-corrected chi connectivity index (χ3v) is 7.92. The van der Waals surface area contributed by atoms with Crippen LogP contribution in [0.4, 0.5) is 10.1 Å². The molecule has 3 heterocycles. The molecule has 0 spiro atoms. The molecule has 0 aliphatic carbocycles. The number of rotatable bonds is 8. The maximum Gasteiger partial charge on any atom is 0.216 e. The van der Waals surface area contributed by atoms with Crippen LogP contribution in [0.25, 0.3) is 32.8 Å². The summed E-state index contributed by atoms with van der Waals surface area (Å²) in [6.07, 6.45) is 3.11. The average Bonchev–Trinajstić information content (AvgIpc) is 3.25. The quantitative estimate of drug-likeness (QED) is 0.246. The summed E-state index contributed by atoms with van der Waals surface area (Å²) in [5, 5.41) is 19.9. The van der Waals surface area contributed by atoms with E-state index >= 15 is 4.39 Å². The number of pyridine rings is 1. The Kier molecular flexibility index (Phi) is 6.99. The Morgan fingerprint density at radius 3 is 2.71 bits per heavy atom. The number of phenolic OH excluding ortho intramolecular Hbond substituents is 1. The lowest BCUT2D eigenvalue weighted by Gasteiger charge is -2.35. The number of nitrogens with zero attached hydrogens (tertiary/aromatic N) is 2. The Morgan fingerprint density at radius 2 is 1.92 bits per heavy atom. The van der Waals surface area contributed by atoms with Crippen LogP contribution in [0, 0.1) is 5.82 Å². The molecule has 0 amide bonds. The van der Waals surface area contributed by atoms with Crippen LogP contribution in [0.15, 0.2) is 48.5 Å². The van der Waals surface area contributed by atoms with Gasteiger partial charge in [0, 0.05) is 42.2 Å². The minimum atomic E-state index is -0.513. The first-order valence-corrected chi connectivity index (χ1v) is 13.8. The lowest BCUT2D eigenvalue weighted by atomic mass is 9.95. The van der Waals surface area contributed by atoms with Crippen molar-refractivity contribution in [2.24, 2.45) is 0 Å². The predicted molar refractivity (Wildman–Crippen MR) is 152 cm³/mol. The van der Waals surface area contributed by atoms with Gasteiger partial charge in [0.05, 0.1) is 17.3 Å². The van der Waals surface area contributed by atoms with Gasteiger partial charge in [0.2, 0.25) is 5.88 Å². The summed E-state index contributed by atoms with van der Waals surface area (Å²) in [4.78, 5) is 6.96. The summed E-state index contributed by atoms with van der Waals surface area (Å²) < 4.78 is 22.6. The van der Waals surface area contributed by atoms with Crippen LogP contribution in [0.3, 0.4) is 0 Å². The third-order valence-electron chi connectivity index (χ3n) is 7.62. The minimum Gasteiger partial charge on any atom is -0.508 e. The fraction of sp³-hybridized carbons (Fsp3) is 0.367. The van der Waals surface area contributed by atoms with Gasteiger partial charge in [-0.3, -0.25) is 0 Å². The summed E-state index contributed by atoms with van der Waals surface area (Å²) in [5.41, 5.74) is 1.88. The SMILES string of the molecule is CCNCCCOc1cc(N2C[C@H]3CC[C@@H](C2)N3)c2cc(Cl)c(-c3cc(O)cc4ccccc34)c(F)c2n1. The van der Waals surface area contributed by atoms with Crippen LogP contribution in [-0.4, -0.2) is 55.0 Å². The summed E-state index contributed by atoms with van der Waals surface area (Å²) >= 11 is 6.83. The van der Waals surface area contributed by atoms with Crippen molar-refractivity contribution in [3.05, 3.63) is 59.4 Å². The maximum absolute atomic E-state index is 16.5. The zero-order valence-corrected chi connectivity index (χ0v) is 22.2. The van der Waals surface area contributed by atoms with E-state index in [0.717, 1.165) is 61.9 Å². The molecule has 2 bridgehead atoms. The molecule has 2 aliphatic heterocycles. The molecular weight excluding hydrogens is 503 g/mol. The summed E-state index contributed by atoms with van der Waals surface area (Å²) in [5.74, 6) is -0.0551. The molecular formula is C30H32ClFN4O2. The van der Waals surface area contributed by atoms with E-state index in [1.54, 1.807) is 12.1 Å². The number of aromatic hydroxyl groups is 1. The van der Waals surface area contributed by atoms with Crippen molar-refractivity contribution in [2.75, 3.05) is 37.7 Å². The number of hydrogen-bond donors (Lipinski definition) is 3. The van der Waals surface area contributed by atoms with E-state index in [9.17, 15) is 5.11 Å². The number of anilines is 1. The number of aromatic nitrogens is 1. The van der Waals surface area contributed by atoms with Crippen molar-refractivity contribution in [1.82, 2.24) is 15.6 Å². The van der Waals surface area contributed by atoms with Gasteiger partial charge in [-0.2, -0.15) is 0 Å². The Labute approximate surface area is 226 Å². The van der Waals surface area contributed by atoms with Crippen LogP contribution in [0.1, 0.15) is 26.2 Å². The normalized spacial score (nSPS) is 19.0. The van der Waals surface area contributed by atoms with E-state index in [1.807, 2.05) is 36.4 Å². The highest BCUT2D eigenvalue weighted by molar-refractivity contribution is 6.35. The van der Waals surface area contributed by atoms with Gasteiger partial charge in [-0.05, 0) is 66.9 Å². The van der Waals surface area contributed by atoms with Crippen molar-refractivity contribution in [2.45, 2.75) is 38.3 Å². The van der Waals surface area contributed by atoms with Crippen molar-refractivity contribution >= 4 is 39.0 Å². The van der Waals surface area contributed by atoms with Crippen LogP contribution < -0.4 is 20.3 Å². The molecule has 0 radical (unpaired) electrons. The third kappa shape index (κ3) is 4.75. The zero-order valence-electron chi connectivity index (χ0n) is 21.4. The smallest absolute Gasteiger partial charge is 0.216 e. The monoisotopic (exact) mass is 534 g/mol. The molecule has 38 heavy (non-hydrogen) atoms. The fourth-order valence-corrected chi connectivity index (χ4v) is 6.17. The first-order chi connectivity index (χ1) is 18.5. The van der Waals surface area contributed by atoms with E-state index < -0.39 is 5.82 Å². The van der Waals surface area contributed by atoms with E-state index in [2.05, 4.69) is 27.4 Å². The summed E-state index contributed by atoms with van der Waals surface area (Å²) in [6.45, 7) is 5.98. The average molecular weight is 535 g/mol. The first kappa shape index (κ1) is 25.2. The Bertz CT molecular complexity index is 1480. The molecule has 2 saturated heterocycles. The molecule has 2 aliphatic rings. The van der Waals surface area contributed by atoms with Gasteiger partial charge in [-0.25, -0.2) is 9.37 Å². The molecule has 4 aromatic rings. The predicted octanol–water partition coefficient (Wildman–Crippen LogP) is 5.87. The number of fused-ring (bicyclic) bond motifs is 4. The van der Waals surface area contributed by atoms with Crippen LogP contribution >= 0.6 is 11.6 Å². The molecule has 6 nitrogen and oxygen atoms in total. The second-order valence-electron chi connectivity index (χ2n) is 10.2. The summed E-state index contributed by atoms with van der Waals surface area (Å²) in [7, 11) is 0. The number of nitrogens with one attached hydrogen (secondary N) is 2. The van der Waals surface area contributed by atoms with E-state index in [1.165, 1.54) is 0 Å². The molecule has 198 valence electrons. The topological polar surface area (TPSA) is 69.7 Å². The second-order valence-corrected chi connectivity index (χ2v) is 10.6. The molecule has 3 N–H and O–H groups in total. The number of hydrogen-bond acceptors (Lipinski definition) is 6. The fourth-order valence-electron chi connectivity index (χ4n) is 5.88. The highest BCUT2D eigenvalue weighted by Crippen LogP contribution is 2.43. The van der Waals surface area contributed by atoms with Gasteiger partial charge in [0.1, 0.15) is 11.3 Å². The van der Waals surface area contributed by atoms with Gasteiger partial charge in [0.25, 0.3) is 0 Å². The van der Waals surface area contributed by atoms with Gasteiger partial charge in [0.15, 0.2) is 5.82 Å². The number of halogens is 2.